The molecule has 8 heteroatoms. The average molecular weight is 388 g/mol. The number of rotatable bonds is 4. The van der Waals surface area contributed by atoms with Crippen molar-refractivity contribution in [3.05, 3.63) is 28.2 Å². The van der Waals surface area contributed by atoms with Gasteiger partial charge in [-0.2, -0.15) is 0 Å². The van der Waals surface area contributed by atoms with E-state index in [9.17, 15) is 9.59 Å². The van der Waals surface area contributed by atoms with Crippen LogP contribution in [-0.4, -0.2) is 54.0 Å². The summed E-state index contributed by atoms with van der Waals surface area (Å²) in [5.41, 5.74) is 4.59. The molecule has 2 atom stereocenters. The van der Waals surface area contributed by atoms with Crippen LogP contribution in [0.3, 0.4) is 0 Å². The number of carbonyl (C=O) groups excluding carboxylic acids is 2. The van der Waals surface area contributed by atoms with E-state index in [1.807, 2.05) is 6.92 Å². The topological polar surface area (TPSA) is 80.3 Å². The number of nitrogens with one attached hydrogen (secondary N) is 1. The Kier molecular flexibility index (Phi) is 6.93. The van der Waals surface area contributed by atoms with Crippen LogP contribution in [0.1, 0.15) is 20.3 Å². The largest absolute Gasteiger partial charge is 0.347 e. The van der Waals surface area contributed by atoms with Gasteiger partial charge >= 0.3 is 6.03 Å². The molecule has 3 amide bonds. The maximum absolute atomic E-state index is 12.5. The van der Waals surface area contributed by atoms with Crippen molar-refractivity contribution in [2.45, 2.75) is 26.3 Å². The lowest BCUT2D eigenvalue weighted by atomic mass is 9.98. The summed E-state index contributed by atoms with van der Waals surface area (Å²) in [6.45, 7) is 6.13. The Morgan fingerprint density at radius 3 is 2.32 bits per heavy atom. The molecule has 1 aliphatic heterocycles. The van der Waals surface area contributed by atoms with Crippen LogP contribution >= 0.6 is 23.2 Å². The van der Waals surface area contributed by atoms with Gasteiger partial charge in [0, 0.05) is 37.8 Å². The Morgan fingerprint density at radius 1 is 1.16 bits per heavy atom. The van der Waals surface area contributed by atoms with Crippen LogP contribution in [0.4, 0.5) is 10.5 Å². The molecular formula is C17H25Cl2N4O2+. The molecule has 0 aliphatic carbocycles. The highest BCUT2D eigenvalue weighted by atomic mass is 35.5. The van der Waals surface area contributed by atoms with Crippen LogP contribution in [0.2, 0.25) is 10.0 Å². The van der Waals surface area contributed by atoms with Gasteiger partial charge < -0.3 is 20.9 Å². The zero-order valence-corrected chi connectivity index (χ0v) is 16.1. The Balaban J connectivity index is 1.87. The summed E-state index contributed by atoms with van der Waals surface area (Å²) in [5, 5.41) is 3.63. The summed E-state index contributed by atoms with van der Waals surface area (Å²) in [6.07, 6.45) is 0.923. The minimum atomic E-state index is -0.235. The quantitative estimate of drug-likeness (QED) is 0.830. The number of urea groups is 1. The number of hydrogen-bond donors (Lipinski definition) is 2. The van der Waals surface area contributed by atoms with Gasteiger partial charge in [-0.1, -0.05) is 37.0 Å². The molecule has 0 spiro atoms. The molecule has 1 fully saturated rings. The third-order valence-electron chi connectivity index (χ3n) is 4.70. The second kappa shape index (κ2) is 8.74. The third kappa shape index (κ3) is 5.00. The van der Waals surface area contributed by atoms with E-state index in [0.717, 1.165) is 6.42 Å². The van der Waals surface area contributed by atoms with E-state index in [1.54, 1.807) is 28.0 Å². The maximum Gasteiger partial charge on any atom is 0.321 e. The number of quaternary nitrogens is 1. The highest BCUT2D eigenvalue weighted by Crippen LogP contribution is 2.25. The molecule has 1 heterocycles. The van der Waals surface area contributed by atoms with Crippen LogP contribution in [-0.2, 0) is 4.79 Å². The summed E-state index contributed by atoms with van der Waals surface area (Å²) >= 11 is 11.8. The normalized spacial score (nSPS) is 17.2. The van der Waals surface area contributed by atoms with Gasteiger partial charge in [0.15, 0.2) is 6.04 Å². The predicted octanol–water partition coefficient (Wildman–Crippen LogP) is 2.33. The molecule has 1 aliphatic rings. The first kappa shape index (κ1) is 19.8. The number of amides is 3. The van der Waals surface area contributed by atoms with E-state index < -0.39 is 0 Å². The van der Waals surface area contributed by atoms with Crippen molar-refractivity contribution in [1.29, 1.82) is 0 Å². The van der Waals surface area contributed by atoms with Crippen LogP contribution in [0, 0.1) is 5.92 Å². The first-order valence-corrected chi connectivity index (χ1v) is 9.22. The van der Waals surface area contributed by atoms with Crippen LogP contribution in [0.15, 0.2) is 18.2 Å². The summed E-state index contributed by atoms with van der Waals surface area (Å²) in [7, 11) is 0. The number of carbonyl (C=O) groups is 2. The number of anilines is 1. The van der Waals surface area contributed by atoms with Crippen molar-refractivity contribution in [2.75, 3.05) is 31.5 Å². The summed E-state index contributed by atoms with van der Waals surface area (Å²) in [5.74, 6) is 0.322. The molecule has 0 aromatic heterocycles. The Morgan fingerprint density at radius 2 is 1.76 bits per heavy atom. The zero-order valence-electron chi connectivity index (χ0n) is 14.6. The Hall–Kier alpha value is -1.50. The highest BCUT2D eigenvalue weighted by molar-refractivity contribution is 6.42. The summed E-state index contributed by atoms with van der Waals surface area (Å²) in [4.78, 5) is 28.3. The first-order valence-electron chi connectivity index (χ1n) is 8.46. The van der Waals surface area contributed by atoms with Crippen LogP contribution < -0.4 is 11.1 Å². The molecule has 0 unspecified atom stereocenters. The number of benzene rings is 1. The van der Waals surface area contributed by atoms with Crippen LogP contribution in [0.5, 0.6) is 0 Å². The molecule has 0 radical (unpaired) electrons. The van der Waals surface area contributed by atoms with Crippen molar-refractivity contribution in [3.8, 4) is 0 Å². The smallest absolute Gasteiger partial charge is 0.321 e. The maximum atomic E-state index is 12.5. The van der Waals surface area contributed by atoms with Crippen molar-refractivity contribution >= 4 is 40.8 Å². The standard InChI is InChI=1S/C17H24Cl2N4O2/c1-3-11(2)15(20)16(24)22-6-8-23(9-7-22)17(25)21-12-4-5-13(18)14(19)10-12/h4-5,10-11,15H,3,6-9,20H2,1-2H3,(H,21,25)/p+1/t11-,15-/m0/s1. The second-order valence-corrected chi connectivity index (χ2v) is 7.18. The molecule has 0 saturated carbocycles. The fraction of sp³-hybridized carbons (Fsp3) is 0.529. The van der Waals surface area contributed by atoms with E-state index >= 15 is 0 Å². The van der Waals surface area contributed by atoms with E-state index in [-0.39, 0.29) is 23.9 Å². The van der Waals surface area contributed by atoms with Crippen molar-refractivity contribution in [3.63, 3.8) is 0 Å². The predicted molar refractivity (Wildman–Crippen MR) is 99.8 cm³/mol. The SMILES string of the molecule is CC[C@H](C)[C@H]([NH3+])C(=O)N1CCN(C(=O)Nc2ccc(Cl)c(Cl)c2)CC1. The molecule has 1 saturated heterocycles. The minimum absolute atomic E-state index is 0.0684. The first-order chi connectivity index (χ1) is 11.8. The lowest BCUT2D eigenvalue weighted by Gasteiger charge is -2.35. The summed E-state index contributed by atoms with van der Waals surface area (Å²) < 4.78 is 0. The second-order valence-electron chi connectivity index (χ2n) is 6.36. The third-order valence-corrected chi connectivity index (χ3v) is 5.44. The Labute approximate surface area is 158 Å². The lowest BCUT2D eigenvalue weighted by molar-refractivity contribution is -0.417. The van der Waals surface area contributed by atoms with Gasteiger partial charge in [0.25, 0.3) is 5.91 Å². The van der Waals surface area contributed by atoms with Gasteiger partial charge in [0.1, 0.15) is 0 Å². The molecule has 25 heavy (non-hydrogen) atoms. The van der Waals surface area contributed by atoms with Crippen molar-refractivity contribution in [2.24, 2.45) is 5.92 Å². The molecular weight excluding hydrogens is 363 g/mol. The van der Waals surface area contributed by atoms with Crippen molar-refractivity contribution in [1.82, 2.24) is 9.80 Å². The molecule has 0 bridgehead atoms. The fourth-order valence-corrected chi connectivity index (χ4v) is 2.97. The number of halogens is 2. The fourth-order valence-electron chi connectivity index (χ4n) is 2.67. The van der Waals surface area contributed by atoms with Gasteiger partial charge in [0.05, 0.1) is 10.0 Å². The molecule has 1 aromatic rings. The van der Waals surface area contributed by atoms with Gasteiger partial charge in [-0.15, -0.1) is 0 Å². The van der Waals surface area contributed by atoms with E-state index in [2.05, 4.69) is 18.0 Å². The molecule has 6 nitrogen and oxygen atoms in total. The molecule has 4 N–H and O–H groups in total. The number of nitrogens with zero attached hydrogens (tertiary/aromatic N) is 2. The van der Waals surface area contributed by atoms with Crippen molar-refractivity contribution < 1.29 is 15.3 Å². The van der Waals surface area contributed by atoms with Gasteiger partial charge in [-0.25, -0.2) is 4.79 Å². The van der Waals surface area contributed by atoms with E-state index in [4.69, 9.17) is 23.2 Å². The summed E-state index contributed by atoms with van der Waals surface area (Å²) in [6, 6.07) is 4.51. The number of hydrogen-bond acceptors (Lipinski definition) is 2. The van der Waals surface area contributed by atoms with Gasteiger partial charge in [-0.05, 0) is 24.6 Å². The molecule has 1 aromatic carbocycles. The van der Waals surface area contributed by atoms with Gasteiger partial charge in [-0.3, -0.25) is 4.79 Å². The number of piperazine rings is 1. The lowest BCUT2D eigenvalue weighted by Crippen LogP contribution is -2.71. The highest BCUT2D eigenvalue weighted by Gasteiger charge is 2.31. The zero-order chi connectivity index (χ0) is 18.6. The Bertz CT molecular complexity index is 633. The average Bonchev–Trinajstić information content (AvgIpc) is 2.63. The van der Waals surface area contributed by atoms with E-state index in [0.29, 0.717) is 41.9 Å². The van der Waals surface area contributed by atoms with E-state index in [1.165, 1.54) is 0 Å². The molecule has 2 rings (SSSR count). The minimum Gasteiger partial charge on any atom is -0.347 e. The monoisotopic (exact) mass is 387 g/mol. The van der Waals surface area contributed by atoms with Crippen LogP contribution in [0.25, 0.3) is 0 Å². The molecule has 138 valence electrons. The van der Waals surface area contributed by atoms with Gasteiger partial charge in [0.2, 0.25) is 0 Å².